The fourth-order valence-corrected chi connectivity index (χ4v) is 10.9. The third-order valence-corrected chi connectivity index (χ3v) is 13.6. The minimum Gasteiger partial charge on any atom is -0.455 e. The van der Waals surface area contributed by atoms with Crippen LogP contribution in [0, 0.1) is 0 Å². The fourth-order valence-electron chi connectivity index (χ4n) is 9.68. The topological polar surface area (TPSA) is 13.1 Å². The Morgan fingerprint density at radius 2 is 0.776 bits per heavy atom. The maximum absolute atomic E-state index is 6.47. The van der Waals surface area contributed by atoms with Crippen molar-refractivity contribution in [2.24, 2.45) is 0 Å². The van der Waals surface area contributed by atoms with E-state index in [0.29, 0.717) is 0 Å². The normalized spacial score (nSPS) is 12.1. The standard InChI is InChI=1S/C56H32OS/c1-2-10-34-31-40(21-17-33(34)9-1)52-44-12-3-5-14-46(44)53(47-15-6-4-13-45(47)52)41-22-20-36-29-35(18-19-37(36)32-41)38-23-25-42-39(30-38)24-26-49-54-51(58-56(42)49)28-27-48-43-11-7-8-16-50(43)57-55(48)54/h1-32H. The van der Waals surface area contributed by atoms with Gasteiger partial charge in [-0.3, -0.25) is 0 Å². The first-order valence-corrected chi connectivity index (χ1v) is 20.7. The van der Waals surface area contributed by atoms with Crippen LogP contribution >= 0.6 is 11.3 Å². The molecule has 0 fully saturated rings. The van der Waals surface area contributed by atoms with E-state index in [0.717, 1.165) is 11.2 Å². The minimum atomic E-state index is 0.940. The van der Waals surface area contributed by atoms with Crippen molar-refractivity contribution in [1.29, 1.82) is 0 Å². The lowest BCUT2D eigenvalue weighted by Crippen LogP contribution is -1.91. The Bertz CT molecular complexity index is 3810. The van der Waals surface area contributed by atoms with Crippen LogP contribution in [-0.2, 0) is 0 Å². The molecule has 2 aromatic heterocycles. The van der Waals surface area contributed by atoms with Gasteiger partial charge in [-0.2, -0.15) is 0 Å². The van der Waals surface area contributed by atoms with Gasteiger partial charge in [0.15, 0.2) is 0 Å². The van der Waals surface area contributed by atoms with Crippen molar-refractivity contribution in [2.75, 3.05) is 0 Å². The van der Waals surface area contributed by atoms with Gasteiger partial charge in [-0.15, -0.1) is 11.3 Å². The maximum atomic E-state index is 6.47. The van der Waals surface area contributed by atoms with Crippen LogP contribution in [0.25, 0.3) is 129 Å². The van der Waals surface area contributed by atoms with E-state index in [1.165, 1.54) is 118 Å². The van der Waals surface area contributed by atoms with Gasteiger partial charge in [0.25, 0.3) is 0 Å². The van der Waals surface area contributed by atoms with Gasteiger partial charge < -0.3 is 4.42 Å². The molecule has 58 heavy (non-hydrogen) atoms. The Hall–Kier alpha value is -7.26. The van der Waals surface area contributed by atoms with Crippen molar-refractivity contribution in [3.63, 3.8) is 0 Å². The highest BCUT2D eigenvalue weighted by Crippen LogP contribution is 2.46. The highest BCUT2D eigenvalue weighted by atomic mass is 32.1. The summed E-state index contributed by atoms with van der Waals surface area (Å²) in [4.78, 5) is 0. The second kappa shape index (κ2) is 12.1. The molecule has 268 valence electrons. The summed E-state index contributed by atoms with van der Waals surface area (Å²) in [6.07, 6.45) is 0. The molecule has 13 rings (SSSR count). The molecular formula is C56H32OS. The quantitative estimate of drug-likeness (QED) is 0.164. The Labute approximate surface area is 337 Å². The summed E-state index contributed by atoms with van der Waals surface area (Å²) < 4.78 is 9.03. The van der Waals surface area contributed by atoms with Crippen molar-refractivity contribution >= 4 is 107 Å². The number of hydrogen-bond acceptors (Lipinski definition) is 2. The summed E-state index contributed by atoms with van der Waals surface area (Å²) in [6, 6.07) is 71.6. The number of thiophene rings is 1. The predicted octanol–water partition coefficient (Wildman–Crippen LogP) is 16.7. The van der Waals surface area contributed by atoms with Crippen LogP contribution in [0.4, 0.5) is 0 Å². The van der Waals surface area contributed by atoms with E-state index in [-0.39, 0.29) is 0 Å². The molecular weight excluding hydrogens is 721 g/mol. The molecule has 0 unspecified atom stereocenters. The van der Waals surface area contributed by atoms with E-state index >= 15 is 0 Å². The summed E-state index contributed by atoms with van der Waals surface area (Å²) in [5.74, 6) is 0. The molecule has 13 aromatic rings. The van der Waals surface area contributed by atoms with Gasteiger partial charge in [0.2, 0.25) is 0 Å². The van der Waals surface area contributed by atoms with E-state index in [1.807, 2.05) is 17.4 Å². The molecule has 2 heterocycles. The van der Waals surface area contributed by atoms with Gasteiger partial charge in [-0.1, -0.05) is 152 Å². The molecule has 11 aromatic carbocycles. The van der Waals surface area contributed by atoms with Gasteiger partial charge in [-0.25, -0.2) is 0 Å². The van der Waals surface area contributed by atoms with E-state index in [4.69, 9.17) is 4.42 Å². The van der Waals surface area contributed by atoms with Crippen molar-refractivity contribution < 1.29 is 4.42 Å². The molecule has 0 saturated carbocycles. The number of benzene rings is 11. The van der Waals surface area contributed by atoms with Gasteiger partial charge in [-0.05, 0) is 130 Å². The molecule has 0 amide bonds. The molecule has 0 atom stereocenters. The zero-order valence-electron chi connectivity index (χ0n) is 31.3. The van der Waals surface area contributed by atoms with Crippen molar-refractivity contribution in [3.8, 4) is 33.4 Å². The van der Waals surface area contributed by atoms with E-state index < -0.39 is 0 Å². The van der Waals surface area contributed by atoms with Gasteiger partial charge in [0.05, 0.1) is 0 Å². The Balaban J connectivity index is 0.915. The van der Waals surface area contributed by atoms with Crippen LogP contribution in [0.3, 0.4) is 0 Å². The second-order valence-corrected chi connectivity index (χ2v) is 16.6. The average Bonchev–Trinajstić information content (AvgIpc) is 3.86. The minimum absolute atomic E-state index is 0.940. The molecule has 0 aliphatic heterocycles. The Kier molecular flexibility index (Phi) is 6.66. The zero-order valence-corrected chi connectivity index (χ0v) is 32.1. The third-order valence-electron chi connectivity index (χ3n) is 12.4. The lowest BCUT2D eigenvalue weighted by molar-refractivity contribution is 0.673. The summed E-state index contributed by atoms with van der Waals surface area (Å²) in [7, 11) is 0. The lowest BCUT2D eigenvalue weighted by atomic mass is 9.85. The summed E-state index contributed by atoms with van der Waals surface area (Å²) >= 11 is 1.86. The van der Waals surface area contributed by atoms with Crippen LogP contribution in [0.15, 0.2) is 199 Å². The Morgan fingerprint density at radius 3 is 1.47 bits per heavy atom. The summed E-state index contributed by atoms with van der Waals surface area (Å²) in [5, 5.41) is 17.4. The number of furan rings is 1. The van der Waals surface area contributed by atoms with Crippen molar-refractivity contribution in [3.05, 3.63) is 194 Å². The van der Waals surface area contributed by atoms with E-state index in [1.54, 1.807) is 0 Å². The van der Waals surface area contributed by atoms with Crippen LogP contribution < -0.4 is 0 Å². The highest BCUT2D eigenvalue weighted by molar-refractivity contribution is 7.26. The van der Waals surface area contributed by atoms with Crippen molar-refractivity contribution in [2.45, 2.75) is 0 Å². The SMILES string of the molecule is c1ccc2cc(-c3c4ccccc4c(-c4ccc5cc(-c6ccc7c(ccc8c7sc7ccc9c%10ccccc%10oc9c78)c6)ccc5c4)c4ccccc34)ccc2c1. The van der Waals surface area contributed by atoms with Crippen LogP contribution in [0.2, 0.25) is 0 Å². The van der Waals surface area contributed by atoms with Gasteiger partial charge in [0.1, 0.15) is 11.2 Å². The summed E-state index contributed by atoms with van der Waals surface area (Å²) in [5.41, 5.74) is 9.42. The van der Waals surface area contributed by atoms with Crippen LogP contribution in [0.1, 0.15) is 0 Å². The molecule has 0 radical (unpaired) electrons. The van der Waals surface area contributed by atoms with Gasteiger partial charge >= 0.3 is 0 Å². The van der Waals surface area contributed by atoms with Crippen LogP contribution in [0.5, 0.6) is 0 Å². The Morgan fingerprint density at radius 1 is 0.310 bits per heavy atom. The van der Waals surface area contributed by atoms with Crippen LogP contribution in [-0.4, -0.2) is 0 Å². The number of fused-ring (bicyclic) bond motifs is 13. The third kappa shape index (κ3) is 4.64. The lowest BCUT2D eigenvalue weighted by Gasteiger charge is -2.18. The molecule has 0 N–H and O–H groups in total. The second-order valence-electron chi connectivity index (χ2n) is 15.6. The zero-order chi connectivity index (χ0) is 37.9. The summed E-state index contributed by atoms with van der Waals surface area (Å²) in [6.45, 7) is 0. The molecule has 0 spiro atoms. The largest absolute Gasteiger partial charge is 0.455 e. The molecule has 1 nitrogen and oxygen atoms in total. The molecule has 0 saturated heterocycles. The molecule has 0 aliphatic carbocycles. The fraction of sp³-hybridized carbons (Fsp3) is 0. The first kappa shape index (κ1) is 31.9. The number of rotatable bonds is 3. The molecule has 2 heteroatoms. The smallest absolute Gasteiger partial charge is 0.144 e. The first-order valence-electron chi connectivity index (χ1n) is 19.9. The number of hydrogen-bond donors (Lipinski definition) is 0. The average molecular weight is 753 g/mol. The van der Waals surface area contributed by atoms with Crippen molar-refractivity contribution in [1.82, 2.24) is 0 Å². The van der Waals surface area contributed by atoms with Gasteiger partial charge in [0, 0.05) is 30.9 Å². The first-order chi connectivity index (χ1) is 28.7. The predicted molar refractivity (Wildman–Crippen MR) is 250 cm³/mol. The molecule has 0 aliphatic rings. The van der Waals surface area contributed by atoms with E-state index in [9.17, 15) is 0 Å². The number of para-hydroxylation sites is 1. The van der Waals surface area contributed by atoms with E-state index in [2.05, 4.69) is 188 Å². The molecule has 0 bridgehead atoms. The maximum Gasteiger partial charge on any atom is 0.144 e. The monoisotopic (exact) mass is 752 g/mol. The highest BCUT2D eigenvalue weighted by Gasteiger charge is 2.19.